The van der Waals surface area contributed by atoms with Crippen molar-refractivity contribution in [2.24, 2.45) is 0 Å². The molecule has 0 radical (unpaired) electrons. The number of rotatable bonds is 7. The van der Waals surface area contributed by atoms with E-state index in [9.17, 15) is 0 Å². The van der Waals surface area contributed by atoms with Crippen LogP contribution in [0.2, 0.25) is 0 Å². The molecule has 1 aliphatic heterocycles. The fourth-order valence-electron chi connectivity index (χ4n) is 3.52. The van der Waals surface area contributed by atoms with E-state index in [-0.39, 0.29) is 6.61 Å². The third kappa shape index (κ3) is 4.50. The highest BCUT2D eigenvalue weighted by molar-refractivity contribution is 5.57. The highest BCUT2D eigenvalue weighted by Crippen LogP contribution is 2.28. The minimum absolute atomic E-state index is 0.140. The van der Waals surface area contributed by atoms with E-state index in [1.807, 2.05) is 29.1 Å². The smallest absolute Gasteiger partial charge is 0.126 e. The number of para-hydroxylation sites is 1. The Hall–Kier alpha value is -2.11. The van der Waals surface area contributed by atoms with Crippen LogP contribution in [0.4, 0.5) is 0 Å². The van der Waals surface area contributed by atoms with E-state index in [2.05, 4.69) is 34.3 Å². The fourth-order valence-corrected chi connectivity index (χ4v) is 3.52. The normalized spacial score (nSPS) is 16.6. The summed E-state index contributed by atoms with van der Waals surface area (Å²) in [6.07, 6.45) is 8.47. The zero-order chi connectivity index (χ0) is 17.5. The van der Waals surface area contributed by atoms with Crippen molar-refractivity contribution in [2.75, 3.05) is 33.4 Å². The fraction of sp³-hybridized carbons (Fsp3) is 0.450. The van der Waals surface area contributed by atoms with Gasteiger partial charge in [0.05, 0.1) is 20.3 Å². The van der Waals surface area contributed by atoms with E-state index >= 15 is 0 Å². The number of benzene rings is 1. The molecule has 1 aromatic carbocycles. The third-order valence-electron chi connectivity index (χ3n) is 4.87. The summed E-state index contributed by atoms with van der Waals surface area (Å²) in [4.78, 5) is 2.48. The molecule has 2 heterocycles. The molecule has 0 spiro atoms. The maximum Gasteiger partial charge on any atom is 0.126 e. The molecule has 25 heavy (non-hydrogen) atoms. The van der Waals surface area contributed by atoms with Crippen molar-refractivity contribution in [3.63, 3.8) is 0 Å². The Morgan fingerprint density at radius 2 is 2.04 bits per heavy atom. The molecule has 0 unspecified atom stereocenters. The number of hydrogen-bond donors (Lipinski definition) is 1. The van der Waals surface area contributed by atoms with E-state index in [1.165, 1.54) is 5.69 Å². The summed E-state index contributed by atoms with van der Waals surface area (Å²) in [5.41, 5.74) is 2.38. The summed E-state index contributed by atoms with van der Waals surface area (Å²) in [5.74, 6) is 1.46. The molecule has 134 valence electrons. The van der Waals surface area contributed by atoms with Gasteiger partial charge in [0, 0.05) is 29.9 Å². The van der Waals surface area contributed by atoms with Crippen molar-refractivity contribution in [2.45, 2.75) is 25.3 Å². The van der Waals surface area contributed by atoms with Crippen molar-refractivity contribution >= 4 is 6.08 Å². The van der Waals surface area contributed by atoms with E-state index in [4.69, 9.17) is 9.84 Å². The van der Waals surface area contributed by atoms with Crippen molar-refractivity contribution < 1.29 is 9.84 Å². The molecule has 0 aliphatic carbocycles. The summed E-state index contributed by atoms with van der Waals surface area (Å²) in [6.45, 7) is 3.86. The highest BCUT2D eigenvalue weighted by atomic mass is 16.5. The average Bonchev–Trinajstić information content (AvgIpc) is 3.11. The molecular formula is C20H27N3O2. The molecule has 5 nitrogen and oxygen atoms in total. The maximum absolute atomic E-state index is 9.15. The van der Waals surface area contributed by atoms with Gasteiger partial charge in [0.2, 0.25) is 0 Å². The molecular weight excluding hydrogens is 314 g/mol. The minimum atomic E-state index is 0.140. The summed E-state index contributed by atoms with van der Waals surface area (Å²) in [5, 5.41) is 13.5. The molecule has 1 aromatic heterocycles. The van der Waals surface area contributed by atoms with Gasteiger partial charge in [-0.2, -0.15) is 5.10 Å². The average molecular weight is 341 g/mol. The first-order chi connectivity index (χ1) is 12.3. The number of ether oxygens (including phenoxy) is 1. The van der Waals surface area contributed by atoms with Gasteiger partial charge in [-0.3, -0.25) is 9.58 Å². The summed E-state index contributed by atoms with van der Waals surface area (Å²) in [6, 6.07) is 10.2. The lowest BCUT2D eigenvalue weighted by atomic mass is 9.93. The molecule has 0 amide bonds. The number of methoxy groups -OCH3 is 1. The molecule has 0 saturated carbocycles. The lowest BCUT2D eigenvalue weighted by Crippen LogP contribution is -2.33. The maximum atomic E-state index is 9.15. The van der Waals surface area contributed by atoms with E-state index in [0.717, 1.165) is 43.8 Å². The molecule has 3 rings (SSSR count). The van der Waals surface area contributed by atoms with Crippen LogP contribution in [0.3, 0.4) is 0 Å². The van der Waals surface area contributed by atoms with Crippen molar-refractivity contribution in [3.05, 3.63) is 53.9 Å². The first-order valence-electron chi connectivity index (χ1n) is 8.96. The second-order valence-corrected chi connectivity index (χ2v) is 6.42. The molecule has 1 saturated heterocycles. The Morgan fingerprint density at radius 3 is 2.80 bits per heavy atom. The van der Waals surface area contributed by atoms with Crippen LogP contribution < -0.4 is 4.74 Å². The standard InChI is InChI=1S/C20H27N3O2/c1-25-20-7-3-2-5-18(20)6-4-12-22-13-9-17(10-14-22)19-8-11-21-23(19)15-16-24/h2-8,11,17,24H,9-10,12-16H2,1H3/b6-4+. The Bertz CT molecular complexity index is 688. The second-order valence-electron chi connectivity index (χ2n) is 6.42. The Labute approximate surface area is 149 Å². The van der Waals surface area contributed by atoms with Crippen LogP contribution in [0.5, 0.6) is 5.75 Å². The van der Waals surface area contributed by atoms with Crippen LogP contribution in [0.25, 0.3) is 6.08 Å². The van der Waals surface area contributed by atoms with Gasteiger partial charge >= 0.3 is 0 Å². The van der Waals surface area contributed by atoms with Gasteiger partial charge in [-0.15, -0.1) is 0 Å². The zero-order valence-electron chi connectivity index (χ0n) is 14.8. The number of aliphatic hydroxyl groups is 1. The van der Waals surface area contributed by atoms with E-state index < -0.39 is 0 Å². The molecule has 0 atom stereocenters. The van der Waals surface area contributed by atoms with Crippen LogP contribution in [-0.4, -0.2) is 53.1 Å². The number of aliphatic hydroxyl groups excluding tert-OH is 1. The number of aromatic nitrogens is 2. The van der Waals surface area contributed by atoms with E-state index in [0.29, 0.717) is 12.5 Å². The molecule has 1 N–H and O–H groups in total. The van der Waals surface area contributed by atoms with Gasteiger partial charge in [0.1, 0.15) is 5.75 Å². The summed E-state index contributed by atoms with van der Waals surface area (Å²) in [7, 11) is 1.71. The Morgan fingerprint density at radius 1 is 1.24 bits per heavy atom. The Balaban J connectivity index is 1.51. The van der Waals surface area contributed by atoms with Crippen LogP contribution in [0, 0.1) is 0 Å². The summed E-state index contributed by atoms with van der Waals surface area (Å²) >= 11 is 0. The minimum Gasteiger partial charge on any atom is -0.496 e. The van der Waals surface area contributed by atoms with E-state index in [1.54, 1.807) is 7.11 Å². The monoisotopic (exact) mass is 341 g/mol. The lowest BCUT2D eigenvalue weighted by molar-refractivity contribution is 0.223. The molecule has 2 aromatic rings. The van der Waals surface area contributed by atoms with Gasteiger partial charge in [0.25, 0.3) is 0 Å². The first-order valence-corrected chi connectivity index (χ1v) is 8.96. The summed E-state index contributed by atoms with van der Waals surface area (Å²) < 4.78 is 7.33. The molecule has 1 aliphatic rings. The number of piperidine rings is 1. The first kappa shape index (κ1) is 17.7. The van der Waals surface area contributed by atoms with Gasteiger partial charge < -0.3 is 9.84 Å². The van der Waals surface area contributed by atoms with Crippen molar-refractivity contribution in [1.82, 2.24) is 14.7 Å². The predicted octanol–water partition coefficient (Wildman–Crippen LogP) is 2.78. The topological polar surface area (TPSA) is 50.5 Å². The lowest BCUT2D eigenvalue weighted by Gasteiger charge is -2.31. The zero-order valence-corrected chi connectivity index (χ0v) is 14.8. The molecule has 1 fully saturated rings. The second kappa shape index (κ2) is 8.83. The van der Waals surface area contributed by atoms with Crippen LogP contribution in [0.15, 0.2) is 42.6 Å². The van der Waals surface area contributed by atoms with Crippen molar-refractivity contribution in [3.8, 4) is 5.75 Å². The van der Waals surface area contributed by atoms with Crippen LogP contribution in [0.1, 0.15) is 30.0 Å². The SMILES string of the molecule is COc1ccccc1/C=C/CN1CCC(c2ccnn2CCO)CC1. The number of hydrogen-bond acceptors (Lipinski definition) is 4. The Kier molecular flexibility index (Phi) is 6.25. The van der Waals surface area contributed by atoms with Crippen LogP contribution in [-0.2, 0) is 6.54 Å². The number of likely N-dealkylation sites (tertiary alicyclic amines) is 1. The predicted molar refractivity (Wildman–Crippen MR) is 99.8 cm³/mol. The highest BCUT2D eigenvalue weighted by Gasteiger charge is 2.22. The van der Waals surface area contributed by atoms with Gasteiger partial charge in [-0.05, 0) is 38.1 Å². The van der Waals surface area contributed by atoms with Gasteiger partial charge in [-0.25, -0.2) is 0 Å². The van der Waals surface area contributed by atoms with Crippen molar-refractivity contribution in [1.29, 1.82) is 0 Å². The van der Waals surface area contributed by atoms with Crippen LogP contribution >= 0.6 is 0 Å². The number of nitrogens with zero attached hydrogens (tertiary/aromatic N) is 3. The quantitative estimate of drug-likeness (QED) is 0.841. The third-order valence-corrected chi connectivity index (χ3v) is 4.87. The molecule has 5 heteroatoms. The molecule has 0 bridgehead atoms. The largest absolute Gasteiger partial charge is 0.496 e. The van der Waals surface area contributed by atoms with Gasteiger partial charge in [0.15, 0.2) is 0 Å². The van der Waals surface area contributed by atoms with Gasteiger partial charge in [-0.1, -0.05) is 30.4 Å².